The number of rotatable bonds is 1. The van der Waals surface area contributed by atoms with Gasteiger partial charge in [0.2, 0.25) is 0 Å². The van der Waals surface area contributed by atoms with E-state index in [2.05, 4.69) is 25.0 Å². The standard InChI is InChI=1S/C7H4N6/c8-11-7-10-6(12-13-7)5-1-3-9-4-2-5/h1-4H. The van der Waals surface area contributed by atoms with E-state index in [9.17, 15) is 0 Å². The van der Waals surface area contributed by atoms with Crippen LogP contribution in [-0.2, 0) is 0 Å². The van der Waals surface area contributed by atoms with E-state index in [1.54, 1.807) is 24.5 Å². The van der Waals surface area contributed by atoms with Crippen molar-refractivity contribution >= 4 is 11.8 Å². The summed E-state index contributed by atoms with van der Waals surface area (Å²) in [6.45, 7) is 0. The van der Waals surface area contributed by atoms with Gasteiger partial charge < -0.3 is 10.3 Å². The number of aromatic nitrogens is 1. The SMILES string of the molecule is [N-]=[N+]=C1N=NC(c2ccncc2)=N1. The molecule has 6 nitrogen and oxygen atoms in total. The zero-order chi connectivity index (χ0) is 9.10. The Bertz CT molecular complexity index is 426. The number of aliphatic imine (C=N–C) groups is 1. The number of hydrogen-bond donors (Lipinski definition) is 0. The molecule has 0 saturated heterocycles. The van der Waals surface area contributed by atoms with Crippen LogP contribution < -0.4 is 0 Å². The van der Waals surface area contributed by atoms with Crippen molar-refractivity contribution in [3.63, 3.8) is 0 Å². The summed E-state index contributed by atoms with van der Waals surface area (Å²) in [6.07, 6.45) is 3.25. The highest BCUT2D eigenvalue weighted by atomic mass is 15.3. The van der Waals surface area contributed by atoms with Crippen molar-refractivity contribution in [3.05, 3.63) is 35.6 Å². The normalized spacial score (nSPS) is 14.2. The van der Waals surface area contributed by atoms with Crippen LogP contribution in [0, 0.1) is 0 Å². The first-order valence-corrected chi connectivity index (χ1v) is 3.53. The Morgan fingerprint density at radius 1 is 1.15 bits per heavy atom. The Morgan fingerprint density at radius 2 is 1.92 bits per heavy atom. The molecular weight excluding hydrogens is 168 g/mol. The van der Waals surface area contributed by atoms with Crippen molar-refractivity contribution in [2.24, 2.45) is 15.2 Å². The number of guanidine groups is 1. The van der Waals surface area contributed by atoms with E-state index in [0.29, 0.717) is 5.84 Å². The first-order chi connectivity index (χ1) is 6.40. The molecule has 0 saturated carbocycles. The van der Waals surface area contributed by atoms with Gasteiger partial charge in [-0.05, 0) is 22.2 Å². The topological polar surface area (TPSA) is 86.4 Å². The van der Waals surface area contributed by atoms with Crippen LogP contribution in [0.15, 0.2) is 39.7 Å². The number of amidine groups is 1. The first kappa shape index (κ1) is 7.45. The van der Waals surface area contributed by atoms with Gasteiger partial charge in [0.25, 0.3) is 5.84 Å². The van der Waals surface area contributed by atoms with E-state index < -0.39 is 0 Å². The van der Waals surface area contributed by atoms with E-state index in [1.165, 1.54) is 0 Å². The Kier molecular flexibility index (Phi) is 1.74. The van der Waals surface area contributed by atoms with Gasteiger partial charge >= 0.3 is 5.96 Å². The third kappa shape index (κ3) is 1.38. The fraction of sp³-hybridized carbons (Fsp3) is 0. The fourth-order valence-electron chi connectivity index (χ4n) is 0.897. The molecule has 1 aliphatic heterocycles. The molecule has 6 heteroatoms. The van der Waals surface area contributed by atoms with Crippen LogP contribution in [0.1, 0.15) is 5.56 Å². The summed E-state index contributed by atoms with van der Waals surface area (Å²) in [4.78, 5) is 10.5. The number of hydrogen-bond acceptors (Lipinski definition) is 2. The summed E-state index contributed by atoms with van der Waals surface area (Å²) in [6, 6.07) is 3.50. The van der Waals surface area contributed by atoms with E-state index in [4.69, 9.17) is 5.53 Å². The molecule has 0 aliphatic carbocycles. The summed E-state index contributed by atoms with van der Waals surface area (Å²) in [5.41, 5.74) is 9.13. The molecule has 0 fully saturated rings. The molecule has 0 aromatic carbocycles. The Hall–Kier alpha value is -2.20. The first-order valence-electron chi connectivity index (χ1n) is 3.53. The van der Waals surface area contributed by atoms with Crippen molar-refractivity contribution in [1.29, 1.82) is 0 Å². The minimum atomic E-state index is -0.0354. The van der Waals surface area contributed by atoms with Crippen LogP contribution >= 0.6 is 0 Å². The highest BCUT2D eigenvalue weighted by Gasteiger charge is 2.20. The summed E-state index contributed by atoms with van der Waals surface area (Å²) >= 11 is 0. The van der Waals surface area contributed by atoms with E-state index >= 15 is 0 Å². The van der Waals surface area contributed by atoms with Gasteiger partial charge in [-0.2, -0.15) is 0 Å². The third-order valence-corrected chi connectivity index (χ3v) is 1.47. The molecule has 0 amide bonds. The summed E-state index contributed by atoms with van der Waals surface area (Å²) in [7, 11) is 0. The van der Waals surface area contributed by atoms with Gasteiger partial charge in [-0.1, -0.05) is 0 Å². The lowest BCUT2D eigenvalue weighted by Gasteiger charge is -1.87. The predicted octanol–water partition coefficient (Wildman–Crippen LogP) is 0.880. The molecule has 0 bridgehead atoms. The highest BCUT2D eigenvalue weighted by Crippen LogP contribution is 2.06. The number of nitrogens with zero attached hydrogens (tertiary/aromatic N) is 6. The molecule has 2 rings (SSSR count). The van der Waals surface area contributed by atoms with Crippen molar-refractivity contribution in [3.8, 4) is 0 Å². The quantitative estimate of drug-likeness (QED) is 0.456. The summed E-state index contributed by atoms with van der Waals surface area (Å²) in [5.74, 6) is 0.391. The molecule has 0 N–H and O–H groups in total. The maximum atomic E-state index is 8.35. The van der Waals surface area contributed by atoms with Crippen molar-refractivity contribution in [2.45, 2.75) is 0 Å². The largest absolute Gasteiger partial charge is 0.542 e. The van der Waals surface area contributed by atoms with Gasteiger partial charge in [-0.25, -0.2) is 0 Å². The zero-order valence-corrected chi connectivity index (χ0v) is 6.49. The second kappa shape index (κ2) is 3.04. The molecular formula is C7H4N6. The molecule has 0 radical (unpaired) electrons. The predicted molar refractivity (Wildman–Crippen MR) is 44.3 cm³/mol. The minimum absolute atomic E-state index is 0.0354. The Balaban J connectivity index is 2.41. The minimum Gasteiger partial charge on any atom is -0.542 e. The highest BCUT2D eigenvalue weighted by molar-refractivity contribution is 6.08. The Labute approximate surface area is 73.3 Å². The molecule has 0 unspecified atom stereocenters. The molecule has 13 heavy (non-hydrogen) atoms. The van der Waals surface area contributed by atoms with Gasteiger partial charge in [-0.3, -0.25) is 4.98 Å². The maximum Gasteiger partial charge on any atom is 0.530 e. The molecule has 62 valence electrons. The van der Waals surface area contributed by atoms with Crippen molar-refractivity contribution in [1.82, 2.24) is 4.98 Å². The van der Waals surface area contributed by atoms with Crippen LogP contribution in [0.3, 0.4) is 0 Å². The number of azo groups is 1. The Morgan fingerprint density at radius 3 is 2.54 bits per heavy atom. The number of pyridine rings is 1. The van der Waals surface area contributed by atoms with Gasteiger partial charge in [0.15, 0.2) is 0 Å². The third-order valence-electron chi connectivity index (χ3n) is 1.47. The molecule has 2 heterocycles. The zero-order valence-electron chi connectivity index (χ0n) is 6.49. The van der Waals surface area contributed by atoms with Crippen LogP contribution in [0.2, 0.25) is 0 Å². The smallest absolute Gasteiger partial charge is 0.530 e. The van der Waals surface area contributed by atoms with Gasteiger partial charge in [0.1, 0.15) is 0 Å². The molecule has 0 spiro atoms. The average molecular weight is 172 g/mol. The van der Waals surface area contributed by atoms with E-state index in [-0.39, 0.29) is 5.96 Å². The average Bonchev–Trinajstić information content (AvgIpc) is 2.67. The van der Waals surface area contributed by atoms with Gasteiger partial charge in [-0.15, -0.1) is 0 Å². The van der Waals surface area contributed by atoms with Crippen LogP contribution in [0.4, 0.5) is 0 Å². The van der Waals surface area contributed by atoms with Crippen LogP contribution in [0.5, 0.6) is 0 Å². The lowest BCUT2D eigenvalue weighted by molar-refractivity contribution is -0.00828. The molecule has 0 atom stereocenters. The maximum absolute atomic E-state index is 8.35. The summed E-state index contributed by atoms with van der Waals surface area (Å²) < 4.78 is 0. The van der Waals surface area contributed by atoms with Crippen LogP contribution in [0.25, 0.3) is 5.53 Å². The van der Waals surface area contributed by atoms with Crippen molar-refractivity contribution in [2.75, 3.05) is 0 Å². The molecule has 1 aromatic heterocycles. The molecule has 1 aliphatic rings. The fourth-order valence-corrected chi connectivity index (χ4v) is 0.897. The lowest BCUT2D eigenvalue weighted by atomic mass is 10.2. The second-order valence-corrected chi connectivity index (χ2v) is 2.27. The monoisotopic (exact) mass is 172 g/mol. The van der Waals surface area contributed by atoms with Crippen molar-refractivity contribution < 1.29 is 4.79 Å². The lowest BCUT2D eigenvalue weighted by Crippen LogP contribution is -1.94. The van der Waals surface area contributed by atoms with Crippen LogP contribution in [-0.4, -0.2) is 21.6 Å². The summed E-state index contributed by atoms with van der Waals surface area (Å²) in [5, 5.41) is 7.23. The second-order valence-electron chi connectivity index (χ2n) is 2.27. The van der Waals surface area contributed by atoms with E-state index in [1.807, 2.05) is 0 Å². The van der Waals surface area contributed by atoms with Gasteiger partial charge in [0, 0.05) is 18.0 Å². The molecule has 1 aromatic rings. The van der Waals surface area contributed by atoms with Gasteiger partial charge in [0.05, 0.1) is 5.11 Å². The van der Waals surface area contributed by atoms with E-state index in [0.717, 1.165) is 5.56 Å².